The van der Waals surface area contributed by atoms with E-state index in [-0.39, 0.29) is 18.1 Å². The SMILES string of the molecule is C=CCc1cc(CNCCNc2ccc([N+](=O)[O-])cc2)cc(OC)c1OCC.Cl. The van der Waals surface area contributed by atoms with E-state index in [4.69, 9.17) is 9.47 Å². The first kappa shape index (κ1) is 24.3. The fourth-order valence-electron chi connectivity index (χ4n) is 2.82. The lowest BCUT2D eigenvalue weighted by atomic mass is 10.1. The van der Waals surface area contributed by atoms with Crippen LogP contribution in [0.5, 0.6) is 11.5 Å². The Bertz CT molecular complexity index is 797. The fraction of sp³-hybridized carbons (Fsp3) is 0.333. The van der Waals surface area contributed by atoms with Crippen molar-refractivity contribution < 1.29 is 14.4 Å². The van der Waals surface area contributed by atoms with Crippen LogP contribution in [0.15, 0.2) is 49.1 Å². The van der Waals surface area contributed by atoms with E-state index in [1.165, 1.54) is 12.1 Å². The lowest BCUT2D eigenvalue weighted by Crippen LogP contribution is -2.22. The van der Waals surface area contributed by atoms with E-state index < -0.39 is 4.92 Å². The first-order chi connectivity index (χ1) is 13.6. The first-order valence-electron chi connectivity index (χ1n) is 9.21. The van der Waals surface area contributed by atoms with Crippen LogP contribution >= 0.6 is 12.4 Å². The fourth-order valence-corrected chi connectivity index (χ4v) is 2.82. The number of non-ortho nitro benzene ring substituents is 1. The highest BCUT2D eigenvalue weighted by Gasteiger charge is 2.12. The molecule has 0 fully saturated rings. The molecule has 7 nitrogen and oxygen atoms in total. The van der Waals surface area contributed by atoms with Crippen LogP contribution < -0.4 is 20.1 Å². The van der Waals surface area contributed by atoms with Crippen LogP contribution in [0, 0.1) is 10.1 Å². The summed E-state index contributed by atoms with van der Waals surface area (Å²) in [4.78, 5) is 10.3. The number of nitro groups is 1. The Kier molecular flexibility index (Phi) is 10.6. The molecule has 0 heterocycles. The van der Waals surface area contributed by atoms with Crippen LogP contribution in [0.3, 0.4) is 0 Å². The zero-order chi connectivity index (χ0) is 20.4. The Balaban J connectivity index is 0.00000420. The summed E-state index contributed by atoms with van der Waals surface area (Å²) in [6.07, 6.45) is 2.56. The highest BCUT2D eigenvalue weighted by atomic mass is 35.5. The number of nitrogens with one attached hydrogen (secondary N) is 2. The molecule has 0 aliphatic rings. The molecule has 0 saturated carbocycles. The number of hydrogen-bond donors (Lipinski definition) is 2. The summed E-state index contributed by atoms with van der Waals surface area (Å²) in [5.74, 6) is 1.50. The van der Waals surface area contributed by atoms with Crippen LogP contribution in [-0.2, 0) is 13.0 Å². The van der Waals surface area contributed by atoms with Crippen molar-refractivity contribution in [3.63, 3.8) is 0 Å². The van der Waals surface area contributed by atoms with Crippen molar-refractivity contribution in [1.82, 2.24) is 5.32 Å². The molecule has 0 atom stereocenters. The van der Waals surface area contributed by atoms with Gasteiger partial charge in [0.25, 0.3) is 5.69 Å². The lowest BCUT2D eigenvalue weighted by molar-refractivity contribution is -0.384. The van der Waals surface area contributed by atoms with Crippen LogP contribution in [0.25, 0.3) is 0 Å². The zero-order valence-electron chi connectivity index (χ0n) is 16.8. The number of ether oxygens (including phenoxy) is 2. The second kappa shape index (κ2) is 12.6. The molecule has 158 valence electrons. The number of nitro benzene ring substituents is 1. The van der Waals surface area contributed by atoms with Gasteiger partial charge in [-0.1, -0.05) is 12.1 Å². The average molecular weight is 422 g/mol. The second-order valence-electron chi connectivity index (χ2n) is 6.12. The molecular formula is C21H28ClN3O4. The van der Waals surface area contributed by atoms with Gasteiger partial charge < -0.3 is 20.1 Å². The third kappa shape index (κ3) is 7.29. The molecule has 2 aromatic carbocycles. The highest BCUT2D eigenvalue weighted by molar-refractivity contribution is 5.85. The Labute approximate surface area is 177 Å². The number of halogens is 1. The van der Waals surface area contributed by atoms with Gasteiger partial charge >= 0.3 is 0 Å². The highest BCUT2D eigenvalue weighted by Crippen LogP contribution is 2.33. The molecule has 2 rings (SSSR count). The number of anilines is 1. The van der Waals surface area contributed by atoms with Gasteiger partial charge in [0.2, 0.25) is 0 Å². The maximum absolute atomic E-state index is 10.7. The van der Waals surface area contributed by atoms with E-state index in [0.29, 0.717) is 26.1 Å². The number of methoxy groups -OCH3 is 1. The molecule has 0 aliphatic carbocycles. The molecule has 0 saturated heterocycles. The number of allylic oxidation sites excluding steroid dienone is 1. The molecule has 0 radical (unpaired) electrons. The molecule has 0 unspecified atom stereocenters. The minimum atomic E-state index is -0.406. The van der Waals surface area contributed by atoms with Crippen LogP contribution in [-0.4, -0.2) is 31.7 Å². The van der Waals surface area contributed by atoms with Crippen LogP contribution in [0.2, 0.25) is 0 Å². The molecule has 2 N–H and O–H groups in total. The minimum Gasteiger partial charge on any atom is -0.493 e. The van der Waals surface area contributed by atoms with E-state index in [0.717, 1.165) is 34.9 Å². The summed E-state index contributed by atoms with van der Waals surface area (Å²) in [6, 6.07) is 10.5. The van der Waals surface area contributed by atoms with Crippen LogP contribution in [0.1, 0.15) is 18.1 Å². The van der Waals surface area contributed by atoms with Gasteiger partial charge in [-0.05, 0) is 37.1 Å². The number of nitrogens with zero attached hydrogens (tertiary/aromatic N) is 1. The predicted octanol–water partition coefficient (Wildman–Crippen LogP) is 4.35. The molecule has 8 heteroatoms. The summed E-state index contributed by atoms with van der Waals surface area (Å²) in [5.41, 5.74) is 3.09. The van der Waals surface area contributed by atoms with Crippen molar-refractivity contribution >= 4 is 23.8 Å². The maximum atomic E-state index is 10.7. The van der Waals surface area contributed by atoms with E-state index in [9.17, 15) is 10.1 Å². The quantitative estimate of drug-likeness (QED) is 0.229. The van der Waals surface area contributed by atoms with Gasteiger partial charge in [-0.3, -0.25) is 10.1 Å². The van der Waals surface area contributed by atoms with Crippen molar-refractivity contribution in [3.8, 4) is 11.5 Å². The third-order valence-electron chi connectivity index (χ3n) is 4.10. The molecule has 0 aromatic heterocycles. The summed E-state index contributed by atoms with van der Waals surface area (Å²) in [5, 5.41) is 17.3. The van der Waals surface area contributed by atoms with E-state index >= 15 is 0 Å². The Morgan fingerprint density at radius 3 is 2.52 bits per heavy atom. The standard InChI is InChI=1S/C21H27N3O4.ClH/c1-4-6-17-13-16(14-20(27-3)21(17)28-5-2)15-22-11-12-23-18-7-9-19(10-8-18)24(25)26;/h4,7-10,13-14,22-23H,1,5-6,11-12,15H2,2-3H3;1H. The maximum Gasteiger partial charge on any atom is 0.269 e. The minimum absolute atomic E-state index is 0. The van der Waals surface area contributed by atoms with Crippen molar-refractivity contribution in [2.24, 2.45) is 0 Å². The first-order valence-corrected chi connectivity index (χ1v) is 9.21. The Morgan fingerprint density at radius 1 is 1.21 bits per heavy atom. The number of hydrogen-bond acceptors (Lipinski definition) is 6. The van der Waals surface area contributed by atoms with Crippen LogP contribution in [0.4, 0.5) is 11.4 Å². The molecule has 0 amide bonds. The second-order valence-corrected chi connectivity index (χ2v) is 6.12. The van der Waals surface area contributed by atoms with Gasteiger partial charge in [-0.2, -0.15) is 0 Å². The van der Waals surface area contributed by atoms with E-state index in [1.807, 2.05) is 19.1 Å². The smallest absolute Gasteiger partial charge is 0.269 e. The third-order valence-corrected chi connectivity index (χ3v) is 4.10. The Hall–Kier alpha value is -2.77. The molecule has 0 spiro atoms. The molecular weight excluding hydrogens is 394 g/mol. The molecule has 0 bridgehead atoms. The van der Waals surface area contributed by atoms with Crippen molar-refractivity contribution in [1.29, 1.82) is 0 Å². The van der Waals surface area contributed by atoms with Gasteiger partial charge in [0.15, 0.2) is 11.5 Å². The van der Waals surface area contributed by atoms with Gasteiger partial charge in [0, 0.05) is 43.0 Å². The molecule has 29 heavy (non-hydrogen) atoms. The summed E-state index contributed by atoms with van der Waals surface area (Å²) < 4.78 is 11.2. The van der Waals surface area contributed by atoms with Crippen molar-refractivity contribution in [3.05, 3.63) is 70.3 Å². The topological polar surface area (TPSA) is 85.7 Å². The summed E-state index contributed by atoms with van der Waals surface area (Å²) in [7, 11) is 1.64. The van der Waals surface area contributed by atoms with Gasteiger partial charge in [0.05, 0.1) is 18.6 Å². The summed E-state index contributed by atoms with van der Waals surface area (Å²) in [6.45, 7) is 8.47. The van der Waals surface area contributed by atoms with E-state index in [1.54, 1.807) is 19.2 Å². The molecule has 2 aromatic rings. The monoisotopic (exact) mass is 421 g/mol. The largest absolute Gasteiger partial charge is 0.493 e. The van der Waals surface area contributed by atoms with Gasteiger partial charge in [0.1, 0.15) is 0 Å². The van der Waals surface area contributed by atoms with E-state index in [2.05, 4.69) is 23.3 Å². The zero-order valence-corrected chi connectivity index (χ0v) is 17.6. The lowest BCUT2D eigenvalue weighted by Gasteiger charge is -2.16. The normalized spacial score (nSPS) is 10.0. The number of rotatable bonds is 12. The molecule has 0 aliphatic heterocycles. The van der Waals surface area contributed by atoms with Crippen molar-refractivity contribution in [2.45, 2.75) is 19.9 Å². The summed E-state index contributed by atoms with van der Waals surface area (Å²) >= 11 is 0. The van der Waals surface area contributed by atoms with Gasteiger partial charge in [-0.15, -0.1) is 19.0 Å². The number of benzene rings is 2. The van der Waals surface area contributed by atoms with Crippen molar-refractivity contribution in [2.75, 3.05) is 32.1 Å². The Morgan fingerprint density at radius 2 is 1.93 bits per heavy atom. The average Bonchev–Trinajstić information content (AvgIpc) is 2.70. The van der Waals surface area contributed by atoms with Gasteiger partial charge in [-0.25, -0.2) is 0 Å². The predicted molar refractivity (Wildman–Crippen MR) is 119 cm³/mol.